The molecular formula is C12H13NO2S. The van der Waals surface area contributed by atoms with Gasteiger partial charge in [0, 0.05) is 4.90 Å². The van der Waals surface area contributed by atoms with Gasteiger partial charge in [0.2, 0.25) is 0 Å². The summed E-state index contributed by atoms with van der Waals surface area (Å²) in [5.74, 6) is 0.437. The molecule has 16 heavy (non-hydrogen) atoms. The van der Waals surface area contributed by atoms with Crippen LogP contribution in [0, 0.1) is 0 Å². The van der Waals surface area contributed by atoms with Crippen molar-refractivity contribution in [1.82, 2.24) is 5.32 Å². The summed E-state index contributed by atoms with van der Waals surface area (Å²) < 4.78 is 0. The van der Waals surface area contributed by atoms with Gasteiger partial charge in [-0.2, -0.15) is 0 Å². The number of thioether (sulfide) groups is 1. The molecular weight excluding hydrogens is 222 g/mol. The molecule has 1 aliphatic rings. The van der Waals surface area contributed by atoms with E-state index in [1.807, 2.05) is 12.1 Å². The molecule has 3 nitrogen and oxygen atoms in total. The summed E-state index contributed by atoms with van der Waals surface area (Å²) >= 11 is 1.64. The van der Waals surface area contributed by atoms with Crippen LogP contribution in [0.25, 0.3) is 0 Å². The maximum Gasteiger partial charge on any atom is 0.260 e. The predicted molar refractivity (Wildman–Crippen MR) is 63.9 cm³/mol. The fraction of sp³-hybridized carbons (Fsp3) is 0.333. The first-order chi connectivity index (χ1) is 7.74. The molecule has 84 valence electrons. The van der Waals surface area contributed by atoms with Crippen molar-refractivity contribution in [3.8, 4) is 0 Å². The van der Waals surface area contributed by atoms with Crippen LogP contribution < -0.4 is 5.32 Å². The number of hydrogen-bond donors (Lipinski definition) is 1. The minimum absolute atomic E-state index is 0.264. The Labute approximate surface area is 98.6 Å². The number of hydrogen-bond acceptors (Lipinski definition) is 3. The quantitative estimate of drug-likeness (QED) is 0.495. The minimum atomic E-state index is -0.280. The van der Waals surface area contributed by atoms with Gasteiger partial charge in [-0.15, -0.1) is 11.8 Å². The lowest BCUT2D eigenvalue weighted by Gasteiger charge is -2.04. The Kier molecular flexibility index (Phi) is 3.29. The monoisotopic (exact) mass is 235 g/mol. The van der Waals surface area contributed by atoms with Crippen LogP contribution in [0.2, 0.25) is 0 Å². The molecule has 0 bridgehead atoms. The molecule has 4 heteroatoms. The fourth-order valence-corrected chi connectivity index (χ4v) is 2.81. The SMILES string of the molecule is CCCCSc1cccc2c1C(=O)NC2=O. The Hall–Kier alpha value is -1.29. The molecule has 1 N–H and O–H groups in total. The zero-order valence-electron chi connectivity index (χ0n) is 9.08. The van der Waals surface area contributed by atoms with E-state index in [1.165, 1.54) is 0 Å². The first-order valence-corrected chi connectivity index (χ1v) is 6.34. The van der Waals surface area contributed by atoms with E-state index in [-0.39, 0.29) is 11.8 Å². The molecule has 0 radical (unpaired) electrons. The van der Waals surface area contributed by atoms with Crippen LogP contribution in [-0.2, 0) is 0 Å². The predicted octanol–water partition coefficient (Wildman–Crippen LogP) is 2.46. The van der Waals surface area contributed by atoms with E-state index in [9.17, 15) is 9.59 Å². The third-order valence-corrected chi connectivity index (χ3v) is 3.62. The summed E-state index contributed by atoms with van der Waals surface area (Å²) in [6.07, 6.45) is 2.25. The molecule has 0 aromatic heterocycles. The van der Waals surface area contributed by atoms with Crippen molar-refractivity contribution in [2.45, 2.75) is 24.7 Å². The van der Waals surface area contributed by atoms with Crippen LogP contribution in [0.5, 0.6) is 0 Å². The molecule has 0 spiro atoms. The molecule has 1 aliphatic heterocycles. The second-order valence-corrected chi connectivity index (χ2v) is 4.80. The second-order valence-electron chi connectivity index (χ2n) is 3.66. The molecule has 1 heterocycles. The topological polar surface area (TPSA) is 46.2 Å². The van der Waals surface area contributed by atoms with E-state index in [4.69, 9.17) is 0 Å². The molecule has 0 saturated heterocycles. The summed E-state index contributed by atoms with van der Waals surface area (Å²) in [5.41, 5.74) is 1.06. The molecule has 2 rings (SSSR count). The van der Waals surface area contributed by atoms with E-state index in [0.717, 1.165) is 23.5 Å². The van der Waals surface area contributed by atoms with Crippen LogP contribution in [0.4, 0.5) is 0 Å². The van der Waals surface area contributed by atoms with Gasteiger partial charge in [0.1, 0.15) is 0 Å². The number of carbonyl (C=O) groups excluding carboxylic acids is 2. The molecule has 0 fully saturated rings. The number of fused-ring (bicyclic) bond motifs is 1. The molecule has 0 unspecified atom stereocenters. The van der Waals surface area contributed by atoms with Gasteiger partial charge >= 0.3 is 0 Å². The number of carbonyl (C=O) groups is 2. The van der Waals surface area contributed by atoms with Gasteiger partial charge in [0.15, 0.2) is 0 Å². The van der Waals surface area contributed by atoms with Gasteiger partial charge in [-0.05, 0) is 24.3 Å². The van der Waals surface area contributed by atoms with Crippen molar-refractivity contribution in [3.05, 3.63) is 29.3 Å². The Morgan fingerprint density at radius 3 is 2.81 bits per heavy atom. The van der Waals surface area contributed by atoms with Crippen LogP contribution in [0.1, 0.15) is 40.5 Å². The Morgan fingerprint density at radius 1 is 1.25 bits per heavy atom. The van der Waals surface area contributed by atoms with Crippen LogP contribution in [-0.4, -0.2) is 17.6 Å². The maximum atomic E-state index is 11.6. The highest BCUT2D eigenvalue weighted by atomic mass is 32.2. The number of unbranched alkanes of at least 4 members (excludes halogenated alkanes) is 1. The molecule has 0 aliphatic carbocycles. The van der Waals surface area contributed by atoms with Gasteiger partial charge in [-0.3, -0.25) is 14.9 Å². The van der Waals surface area contributed by atoms with Crippen molar-refractivity contribution >= 4 is 23.6 Å². The Balaban J connectivity index is 2.27. The molecule has 1 aromatic rings. The summed E-state index contributed by atoms with van der Waals surface area (Å²) in [4.78, 5) is 23.9. The number of benzene rings is 1. The van der Waals surface area contributed by atoms with Crippen molar-refractivity contribution < 1.29 is 9.59 Å². The maximum absolute atomic E-state index is 11.6. The summed E-state index contributed by atoms with van der Waals surface area (Å²) in [7, 11) is 0. The summed E-state index contributed by atoms with van der Waals surface area (Å²) in [6.45, 7) is 2.13. The molecule has 0 atom stereocenters. The van der Waals surface area contributed by atoms with Gasteiger partial charge in [0.25, 0.3) is 11.8 Å². The first-order valence-electron chi connectivity index (χ1n) is 5.35. The zero-order valence-corrected chi connectivity index (χ0v) is 9.89. The van der Waals surface area contributed by atoms with E-state index in [2.05, 4.69) is 12.2 Å². The smallest absolute Gasteiger partial charge is 0.260 e. The van der Waals surface area contributed by atoms with E-state index < -0.39 is 0 Å². The van der Waals surface area contributed by atoms with Gasteiger partial charge in [0.05, 0.1) is 11.1 Å². The highest BCUT2D eigenvalue weighted by Crippen LogP contribution is 2.28. The van der Waals surface area contributed by atoms with Crippen molar-refractivity contribution in [2.75, 3.05) is 5.75 Å². The largest absolute Gasteiger partial charge is 0.288 e. The van der Waals surface area contributed by atoms with Crippen molar-refractivity contribution in [3.63, 3.8) is 0 Å². The highest BCUT2D eigenvalue weighted by molar-refractivity contribution is 7.99. The molecule has 2 amide bonds. The second kappa shape index (κ2) is 4.70. The fourth-order valence-electron chi connectivity index (χ4n) is 1.63. The first kappa shape index (κ1) is 11.2. The zero-order chi connectivity index (χ0) is 11.5. The van der Waals surface area contributed by atoms with Crippen molar-refractivity contribution in [1.29, 1.82) is 0 Å². The molecule has 1 aromatic carbocycles. The Bertz CT molecular complexity index is 443. The van der Waals surface area contributed by atoms with E-state index in [0.29, 0.717) is 11.1 Å². The highest BCUT2D eigenvalue weighted by Gasteiger charge is 2.28. The standard InChI is InChI=1S/C12H13NO2S/c1-2-3-7-16-9-6-4-5-8-10(9)12(15)13-11(8)14/h4-6H,2-3,7H2,1H3,(H,13,14,15). The van der Waals surface area contributed by atoms with Crippen molar-refractivity contribution in [2.24, 2.45) is 0 Å². The number of nitrogens with one attached hydrogen (secondary N) is 1. The lowest BCUT2D eigenvalue weighted by Crippen LogP contribution is -2.20. The van der Waals surface area contributed by atoms with E-state index in [1.54, 1.807) is 17.8 Å². The third-order valence-electron chi connectivity index (χ3n) is 2.48. The lowest BCUT2D eigenvalue weighted by atomic mass is 10.1. The third kappa shape index (κ3) is 1.97. The normalized spacial score (nSPS) is 13.8. The Morgan fingerprint density at radius 2 is 2.06 bits per heavy atom. The average Bonchev–Trinajstić information content (AvgIpc) is 2.56. The summed E-state index contributed by atoms with van der Waals surface area (Å²) in [5, 5.41) is 2.32. The summed E-state index contributed by atoms with van der Waals surface area (Å²) in [6, 6.07) is 5.42. The number of imide groups is 1. The van der Waals surface area contributed by atoms with Gasteiger partial charge in [-0.1, -0.05) is 19.4 Å². The van der Waals surface area contributed by atoms with Crippen LogP contribution in [0.15, 0.2) is 23.1 Å². The average molecular weight is 235 g/mol. The number of amides is 2. The lowest BCUT2D eigenvalue weighted by molar-refractivity contribution is 0.0879. The van der Waals surface area contributed by atoms with Crippen LogP contribution in [0.3, 0.4) is 0 Å². The number of rotatable bonds is 4. The molecule has 0 saturated carbocycles. The van der Waals surface area contributed by atoms with Crippen LogP contribution >= 0.6 is 11.8 Å². The van der Waals surface area contributed by atoms with Gasteiger partial charge in [-0.25, -0.2) is 0 Å². The van der Waals surface area contributed by atoms with Gasteiger partial charge < -0.3 is 0 Å². The van der Waals surface area contributed by atoms with E-state index >= 15 is 0 Å². The minimum Gasteiger partial charge on any atom is -0.288 e.